The Morgan fingerprint density at radius 2 is 1.60 bits per heavy atom. The van der Waals surface area contributed by atoms with Crippen LogP contribution in [0, 0.1) is 0 Å². The van der Waals surface area contributed by atoms with Crippen molar-refractivity contribution in [1.82, 2.24) is 30.9 Å². The Morgan fingerprint density at radius 1 is 0.930 bits per heavy atom. The van der Waals surface area contributed by atoms with E-state index in [1.54, 1.807) is 24.3 Å². The van der Waals surface area contributed by atoms with E-state index in [2.05, 4.69) is 67.1 Å². The summed E-state index contributed by atoms with van der Waals surface area (Å²) in [6, 6.07) is 17.0. The van der Waals surface area contributed by atoms with Crippen molar-refractivity contribution in [3.8, 4) is 5.75 Å². The Hall–Kier alpha value is -5.05. The Kier molecular flexibility index (Phi) is 8.00. The first-order chi connectivity index (χ1) is 20.3. The quantitative estimate of drug-likeness (QED) is 0.172. The molecule has 0 aliphatic rings. The van der Waals surface area contributed by atoms with Gasteiger partial charge in [0.2, 0.25) is 0 Å². The van der Waals surface area contributed by atoms with Crippen LogP contribution in [0.5, 0.6) is 5.75 Å². The third kappa shape index (κ3) is 7.43. The van der Waals surface area contributed by atoms with Gasteiger partial charge in [0.05, 0.1) is 16.3 Å². The van der Waals surface area contributed by atoms with Crippen LogP contribution in [0.15, 0.2) is 66.7 Å². The fourth-order valence-corrected chi connectivity index (χ4v) is 5.06. The topological polar surface area (TPSA) is 147 Å². The predicted octanol–water partition coefficient (Wildman–Crippen LogP) is 6.17. The number of alkyl halides is 3. The van der Waals surface area contributed by atoms with Crippen molar-refractivity contribution in [2.75, 3.05) is 10.6 Å². The van der Waals surface area contributed by atoms with Crippen LogP contribution in [0.25, 0.3) is 10.2 Å². The van der Waals surface area contributed by atoms with Gasteiger partial charge in [-0.2, -0.15) is 5.21 Å². The molecule has 0 bridgehead atoms. The maximum absolute atomic E-state index is 13.2. The molecule has 5 rings (SSSR count). The minimum absolute atomic E-state index is 0.0307. The normalized spacial score (nSPS) is 12.5. The number of H-pyrrole nitrogens is 1. The van der Waals surface area contributed by atoms with Gasteiger partial charge in [-0.25, -0.2) is 9.78 Å². The summed E-state index contributed by atoms with van der Waals surface area (Å²) in [6.45, 7) is 6.29. The number of tetrazole rings is 1. The van der Waals surface area contributed by atoms with Crippen LogP contribution >= 0.6 is 11.3 Å². The Morgan fingerprint density at radius 3 is 2.21 bits per heavy atom. The number of carbonyl (C=O) groups is 2. The number of ether oxygens (including phenoxy) is 1. The lowest BCUT2D eigenvalue weighted by Gasteiger charge is -2.23. The van der Waals surface area contributed by atoms with Crippen LogP contribution in [-0.4, -0.2) is 43.9 Å². The van der Waals surface area contributed by atoms with Crippen molar-refractivity contribution in [1.29, 1.82) is 0 Å². The second-order valence-electron chi connectivity index (χ2n) is 10.4. The molecule has 0 saturated carbocycles. The molecular weight excluding hydrogens is 585 g/mol. The standard InChI is InChI=1S/C28H25F3N8O3S/c1-27(2,3)18-10-8-16(9-11-18)22(15-4-6-17(7-5-15)23(40)34-24-36-38-39-37-24)33-25(41)35-26-32-20-13-12-19(14-21(20)43-26)42-28(29,30)31/h4-14,22H,1-3H3,(H2,32,33,35,41)(H2,34,36,37,38,39,40). The number of thiazole rings is 1. The number of aromatic amines is 1. The van der Waals surface area contributed by atoms with Gasteiger partial charge in [-0.15, -0.1) is 18.3 Å². The van der Waals surface area contributed by atoms with Crippen molar-refractivity contribution < 1.29 is 27.5 Å². The van der Waals surface area contributed by atoms with Gasteiger partial charge in [0, 0.05) is 11.6 Å². The molecule has 3 amide bonds. The van der Waals surface area contributed by atoms with Crippen LogP contribution in [0.1, 0.15) is 53.9 Å². The van der Waals surface area contributed by atoms with Crippen molar-refractivity contribution >= 4 is 44.6 Å². The molecule has 15 heteroatoms. The van der Waals surface area contributed by atoms with Gasteiger partial charge in [-0.3, -0.25) is 15.4 Å². The van der Waals surface area contributed by atoms with Crippen LogP contribution in [0.2, 0.25) is 0 Å². The summed E-state index contributed by atoms with van der Waals surface area (Å²) in [4.78, 5) is 30.0. The molecule has 0 spiro atoms. The highest BCUT2D eigenvalue weighted by Gasteiger charge is 2.31. The number of aromatic nitrogens is 5. The number of urea groups is 1. The van der Waals surface area contributed by atoms with E-state index in [1.165, 1.54) is 12.1 Å². The monoisotopic (exact) mass is 610 g/mol. The lowest BCUT2D eigenvalue weighted by molar-refractivity contribution is -0.274. The summed E-state index contributed by atoms with van der Waals surface area (Å²) < 4.78 is 42.2. The molecule has 43 heavy (non-hydrogen) atoms. The highest BCUT2D eigenvalue weighted by Crippen LogP contribution is 2.32. The molecule has 0 saturated heterocycles. The Bertz CT molecular complexity index is 1730. The van der Waals surface area contributed by atoms with E-state index in [4.69, 9.17) is 0 Å². The Balaban J connectivity index is 1.37. The fraction of sp³-hybridized carbons (Fsp3) is 0.214. The van der Waals surface area contributed by atoms with Gasteiger partial charge in [0.25, 0.3) is 11.9 Å². The summed E-state index contributed by atoms with van der Waals surface area (Å²) in [5.41, 5.74) is 3.24. The summed E-state index contributed by atoms with van der Waals surface area (Å²) in [6.07, 6.45) is -4.82. The molecule has 11 nitrogen and oxygen atoms in total. The lowest BCUT2D eigenvalue weighted by atomic mass is 9.85. The highest BCUT2D eigenvalue weighted by atomic mass is 32.1. The molecule has 0 aliphatic heterocycles. The molecule has 1 unspecified atom stereocenters. The van der Waals surface area contributed by atoms with Crippen LogP contribution in [0.3, 0.4) is 0 Å². The first-order valence-electron chi connectivity index (χ1n) is 12.8. The first kappa shape index (κ1) is 29.4. The van der Waals surface area contributed by atoms with Crippen molar-refractivity contribution in [3.05, 3.63) is 89.0 Å². The number of halogens is 3. The van der Waals surface area contributed by atoms with Gasteiger partial charge in [-0.1, -0.05) is 73.6 Å². The van der Waals surface area contributed by atoms with E-state index < -0.39 is 24.3 Å². The number of nitrogens with one attached hydrogen (secondary N) is 4. The second kappa shape index (κ2) is 11.7. The number of anilines is 2. The maximum atomic E-state index is 13.2. The zero-order chi connectivity index (χ0) is 30.8. The van der Waals surface area contributed by atoms with Crippen LogP contribution in [-0.2, 0) is 5.41 Å². The molecule has 222 valence electrons. The van der Waals surface area contributed by atoms with E-state index in [0.29, 0.717) is 21.3 Å². The van der Waals surface area contributed by atoms with Crippen molar-refractivity contribution in [2.45, 2.75) is 38.6 Å². The number of benzene rings is 3. The molecular formula is C28H25F3N8O3S. The fourth-order valence-electron chi connectivity index (χ4n) is 4.17. The highest BCUT2D eigenvalue weighted by molar-refractivity contribution is 7.22. The predicted molar refractivity (Wildman–Crippen MR) is 154 cm³/mol. The lowest BCUT2D eigenvalue weighted by Crippen LogP contribution is -2.33. The number of fused-ring (bicyclic) bond motifs is 1. The number of carbonyl (C=O) groups excluding carboxylic acids is 2. The number of rotatable bonds is 7. The Labute approximate surface area is 246 Å². The van der Waals surface area contributed by atoms with Crippen molar-refractivity contribution in [3.63, 3.8) is 0 Å². The van der Waals surface area contributed by atoms with E-state index in [0.717, 1.165) is 28.5 Å². The van der Waals surface area contributed by atoms with E-state index in [-0.39, 0.29) is 22.2 Å². The molecule has 4 N–H and O–H groups in total. The van der Waals surface area contributed by atoms with Gasteiger partial charge < -0.3 is 10.1 Å². The molecule has 2 heterocycles. The molecule has 0 radical (unpaired) electrons. The zero-order valence-corrected chi connectivity index (χ0v) is 23.8. The third-order valence-corrected chi connectivity index (χ3v) is 7.21. The average Bonchev–Trinajstić information content (AvgIpc) is 3.59. The van der Waals surface area contributed by atoms with Crippen LogP contribution < -0.4 is 20.7 Å². The van der Waals surface area contributed by atoms with Gasteiger partial charge >= 0.3 is 12.4 Å². The number of amides is 3. The first-order valence-corrected chi connectivity index (χ1v) is 13.6. The summed E-state index contributed by atoms with van der Waals surface area (Å²) in [7, 11) is 0. The summed E-state index contributed by atoms with van der Waals surface area (Å²) in [5, 5.41) is 21.4. The zero-order valence-electron chi connectivity index (χ0n) is 23.0. The SMILES string of the molecule is CC(C)(C)c1ccc(C(NC(=O)Nc2nc3ccc(OC(F)(F)F)cc3s2)c2ccc(C(=O)Nc3nn[nH]n3)cc2)cc1. The smallest absolute Gasteiger partial charge is 0.406 e. The molecule has 3 aromatic carbocycles. The maximum Gasteiger partial charge on any atom is 0.573 e. The van der Waals surface area contributed by atoms with E-state index >= 15 is 0 Å². The van der Waals surface area contributed by atoms with Crippen LogP contribution in [0.4, 0.5) is 29.0 Å². The van der Waals surface area contributed by atoms with Gasteiger partial charge in [-0.05, 0) is 51.6 Å². The van der Waals surface area contributed by atoms with Crippen molar-refractivity contribution in [2.24, 2.45) is 0 Å². The number of hydrogen-bond donors (Lipinski definition) is 4. The molecule has 0 fully saturated rings. The average molecular weight is 611 g/mol. The van der Waals surface area contributed by atoms with Gasteiger partial charge in [0.15, 0.2) is 5.13 Å². The van der Waals surface area contributed by atoms with E-state index in [9.17, 15) is 22.8 Å². The molecule has 0 aliphatic carbocycles. The number of hydrogen-bond acceptors (Lipinski definition) is 8. The number of nitrogens with zero attached hydrogens (tertiary/aromatic N) is 4. The minimum atomic E-state index is -4.82. The second-order valence-corrected chi connectivity index (χ2v) is 11.4. The largest absolute Gasteiger partial charge is 0.573 e. The third-order valence-electron chi connectivity index (χ3n) is 6.28. The minimum Gasteiger partial charge on any atom is -0.406 e. The summed E-state index contributed by atoms with van der Waals surface area (Å²) >= 11 is 1.00. The van der Waals surface area contributed by atoms with Gasteiger partial charge in [0.1, 0.15) is 5.75 Å². The molecule has 2 aromatic heterocycles. The molecule has 5 aromatic rings. The summed E-state index contributed by atoms with van der Waals surface area (Å²) in [5.74, 6) is -0.791. The molecule has 1 atom stereocenters. The van der Waals surface area contributed by atoms with E-state index in [1.807, 2.05) is 24.3 Å².